The molecule has 1 aromatic carbocycles. The van der Waals surface area contributed by atoms with E-state index in [-0.39, 0.29) is 41.2 Å². The highest BCUT2D eigenvalue weighted by Crippen LogP contribution is 2.31. The van der Waals surface area contributed by atoms with Gasteiger partial charge in [0.05, 0.1) is 28.9 Å². The van der Waals surface area contributed by atoms with Crippen LogP contribution < -0.4 is 16.0 Å². The first-order valence-corrected chi connectivity index (χ1v) is 12.3. The third kappa shape index (κ3) is 4.50. The van der Waals surface area contributed by atoms with Crippen LogP contribution in [0.2, 0.25) is 0 Å². The Labute approximate surface area is 203 Å². The molecule has 1 aliphatic carbocycles. The molecular weight excluding hydrogens is 446 g/mol. The lowest BCUT2D eigenvalue weighted by molar-refractivity contribution is -0.122. The Morgan fingerprint density at radius 2 is 1.71 bits per heavy atom. The van der Waals surface area contributed by atoms with Crippen molar-refractivity contribution in [3.05, 3.63) is 53.2 Å². The SMILES string of the molecule is NC(=O)C1CCCN(c2ccc(NC(=O)c3ccc4c(c3)C(=O)N(C3CCCCC3)C4=O)cn2)C1. The molecule has 9 nitrogen and oxygen atoms in total. The van der Waals surface area contributed by atoms with Crippen molar-refractivity contribution < 1.29 is 19.2 Å². The van der Waals surface area contributed by atoms with E-state index in [9.17, 15) is 19.2 Å². The maximum absolute atomic E-state index is 13.0. The summed E-state index contributed by atoms with van der Waals surface area (Å²) in [7, 11) is 0. The van der Waals surface area contributed by atoms with Crippen LogP contribution in [-0.4, -0.2) is 52.6 Å². The minimum Gasteiger partial charge on any atom is -0.369 e. The van der Waals surface area contributed by atoms with Crippen LogP contribution in [0.4, 0.5) is 11.5 Å². The normalized spacial score (nSPS) is 20.6. The van der Waals surface area contributed by atoms with Gasteiger partial charge in [-0.2, -0.15) is 0 Å². The van der Waals surface area contributed by atoms with Crippen molar-refractivity contribution in [3.63, 3.8) is 0 Å². The fourth-order valence-electron chi connectivity index (χ4n) is 5.34. The third-order valence-electron chi connectivity index (χ3n) is 7.27. The Bertz CT molecular complexity index is 1170. The first-order chi connectivity index (χ1) is 16.9. The Balaban J connectivity index is 1.27. The number of piperidine rings is 1. The predicted octanol–water partition coefficient (Wildman–Crippen LogP) is 2.96. The number of carbonyl (C=O) groups is 4. The third-order valence-corrected chi connectivity index (χ3v) is 7.27. The molecule has 3 N–H and O–H groups in total. The van der Waals surface area contributed by atoms with Crippen molar-refractivity contribution in [2.24, 2.45) is 11.7 Å². The van der Waals surface area contributed by atoms with Crippen LogP contribution in [0.25, 0.3) is 0 Å². The molecule has 2 aliphatic heterocycles. The number of nitrogens with one attached hydrogen (secondary N) is 1. The predicted molar refractivity (Wildman–Crippen MR) is 130 cm³/mol. The van der Waals surface area contributed by atoms with Crippen molar-refractivity contribution >= 4 is 35.1 Å². The zero-order valence-electron chi connectivity index (χ0n) is 19.5. The molecule has 0 radical (unpaired) electrons. The largest absolute Gasteiger partial charge is 0.369 e. The smallest absolute Gasteiger partial charge is 0.261 e. The number of carbonyl (C=O) groups excluding carboxylic acids is 4. The van der Waals surface area contributed by atoms with Gasteiger partial charge in [0.2, 0.25) is 5.91 Å². The number of benzene rings is 1. The van der Waals surface area contributed by atoms with Gasteiger partial charge in [0.25, 0.3) is 17.7 Å². The summed E-state index contributed by atoms with van der Waals surface area (Å²) in [6.07, 6.45) is 8.05. The summed E-state index contributed by atoms with van der Waals surface area (Å²) < 4.78 is 0. The molecule has 1 saturated carbocycles. The van der Waals surface area contributed by atoms with E-state index in [1.54, 1.807) is 30.5 Å². The quantitative estimate of drug-likeness (QED) is 0.641. The number of anilines is 2. The second-order valence-corrected chi connectivity index (χ2v) is 9.58. The van der Waals surface area contributed by atoms with Gasteiger partial charge in [-0.1, -0.05) is 19.3 Å². The van der Waals surface area contributed by atoms with E-state index in [2.05, 4.69) is 10.3 Å². The number of amides is 4. The number of hydrogen-bond donors (Lipinski definition) is 2. The molecule has 1 aromatic heterocycles. The molecule has 35 heavy (non-hydrogen) atoms. The maximum Gasteiger partial charge on any atom is 0.261 e. The van der Waals surface area contributed by atoms with Crippen molar-refractivity contribution in [1.29, 1.82) is 0 Å². The minimum absolute atomic E-state index is 0.0591. The van der Waals surface area contributed by atoms with Crippen molar-refractivity contribution in [2.75, 3.05) is 23.3 Å². The molecule has 0 bridgehead atoms. The van der Waals surface area contributed by atoms with Crippen LogP contribution in [0, 0.1) is 5.92 Å². The molecular formula is C26H29N5O4. The average Bonchev–Trinajstić information content (AvgIpc) is 3.14. The van der Waals surface area contributed by atoms with Crippen LogP contribution in [0.1, 0.15) is 76.0 Å². The summed E-state index contributed by atoms with van der Waals surface area (Å²) in [6.45, 7) is 1.33. The number of nitrogens with zero attached hydrogens (tertiary/aromatic N) is 3. The Kier molecular flexibility index (Phi) is 6.23. The van der Waals surface area contributed by atoms with Gasteiger partial charge >= 0.3 is 0 Å². The Morgan fingerprint density at radius 3 is 2.43 bits per heavy atom. The van der Waals surface area contributed by atoms with Crippen LogP contribution in [0.5, 0.6) is 0 Å². The molecule has 1 saturated heterocycles. The minimum atomic E-state index is -0.384. The van der Waals surface area contributed by atoms with E-state index >= 15 is 0 Å². The standard InChI is InChI=1S/C26H29N5O4/c27-23(32)17-5-4-12-30(15-17)22-11-9-18(14-28-22)29-24(33)16-8-10-20-21(13-16)26(35)31(25(20)34)19-6-2-1-3-7-19/h8-11,13-14,17,19H,1-7,12,15H2,(H2,27,32)(H,29,33). The molecule has 4 amide bonds. The van der Waals surface area contributed by atoms with Gasteiger partial charge in [-0.05, 0) is 56.0 Å². The number of imide groups is 1. The van der Waals surface area contributed by atoms with E-state index in [0.717, 1.165) is 57.3 Å². The highest BCUT2D eigenvalue weighted by Gasteiger charge is 2.40. The molecule has 1 atom stereocenters. The fourth-order valence-corrected chi connectivity index (χ4v) is 5.34. The molecule has 2 aromatic rings. The lowest BCUT2D eigenvalue weighted by Crippen LogP contribution is -2.41. The fraction of sp³-hybridized carbons (Fsp3) is 0.423. The van der Waals surface area contributed by atoms with Gasteiger partial charge in [-0.15, -0.1) is 0 Å². The first kappa shape index (κ1) is 23.0. The van der Waals surface area contributed by atoms with Gasteiger partial charge in [0.15, 0.2) is 0 Å². The Morgan fingerprint density at radius 1 is 0.943 bits per heavy atom. The number of nitrogens with two attached hydrogens (primary N) is 1. The highest BCUT2D eigenvalue weighted by atomic mass is 16.2. The number of primary amides is 1. The molecule has 1 unspecified atom stereocenters. The second kappa shape index (κ2) is 9.48. The maximum atomic E-state index is 13.0. The van der Waals surface area contributed by atoms with E-state index in [1.165, 1.54) is 11.0 Å². The summed E-state index contributed by atoms with van der Waals surface area (Å²) in [6, 6.07) is 8.14. The van der Waals surface area contributed by atoms with Gasteiger partial charge in [0.1, 0.15) is 5.82 Å². The molecule has 5 rings (SSSR count). The van der Waals surface area contributed by atoms with Crippen molar-refractivity contribution in [1.82, 2.24) is 9.88 Å². The number of aromatic nitrogens is 1. The van der Waals surface area contributed by atoms with Crippen molar-refractivity contribution in [2.45, 2.75) is 51.0 Å². The number of pyridine rings is 1. The summed E-state index contributed by atoms with van der Waals surface area (Å²) in [5.41, 5.74) is 6.92. The summed E-state index contributed by atoms with van der Waals surface area (Å²) in [5, 5.41) is 2.80. The van der Waals surface area contributed by atoms with Gasteiger partial charge < -0.3 is 16.0 Å². The molecule has 2 fully saturated rings. The van der Waals surface area contributed by atoms with Gasteiger partial charge in [0, 0.05) is 24.7 Å². The molecule has 3 heterocycles. The summed E-state index contributed by atoms with van der Waals surface area (Å²) in [5.74, 6) is -0.722. The zero-order valence-corrected chi connectivity index (χ0v) is 19.5. The summed E-state index contributed by atoms with van der Waals surface area (Å²) in [4.78, 5) is 58.1. The number of rotatable bonds is 5. The lowest BCUT2D eigenvalue weighted by atomic mass is 9.94. The summed E-state index contributed by atoms with van der Waals surface area (Å²) >= 11 is 0. The van der Waals surface area contributed by atoms with E-state index in [0.29, 0.717) is 23.4 Å². The van der Waals surface area contributed by atoms with E-state index in [1.807, 2.05) is 4.90 Å². The van der Waals surface area contributed by atoms with E-state index in [4.69, 9.17) is 5.73 Å². The average molecular weight is 476 g/mol. The Hall–Kier alpha value is -3.75. The highest BCUT2D eigenvalue weighted by molar-refractivity contribution is 6.22. The monoisotopic (exact) mass is 475 g/mol. The molecule has 3 aliphatic rings. The number of hydrogen-bond acceptors (Lipinski definition) is 6. The van der Waals surface area contributed by atoms with Crippen LogP contribution in [-0.2, 0) is 4.79 Å². The lowest BCUT2D eigenvalue weighted by Gasteiger charge is -2.32. The molecule has 182 valence electrons. The van der Waals surface area contributed by atoms with Gasteiger partial charge in [-0.3, -0.25) is 24.1 Å². The second-order valence-electron chi connectivity index (χ2n) is 9.58. The molecule has 0 spiro atoms. The zero-order chi connectivity index (χ0) is 24.5. The number of fused-ring (bicyclic) bond motifs is 1. The van der Waals surface area contributed by atoms with Crippen LogP contribution >= 0.6 is 0 Å². The van der Waals surface area contributed by atoms with Crippen LogP contribution in [0.3, 0.4) is 0 Å². The molecule has 9 heteroatoms. The first-order valence-electron chi connectivity index (χ1n) is 12.3. The topological polar surface area (TPSA) is 126 Å². The van der Waals surface area contributed by atoms with Gasteiger partial charge in [-0.25, -0.2) is 4.98 Å². The van der Waals surface area contributed by atoms with E-state index < -0.39 is 0 Å². The van der Waals surface area contributed by atoms with Crippen LogP contribution in [0.15, 0.2) is 36.5 Å². The van der Waals surface area contributed by atoms with Crippen molar-refractivity contribution in [3.8, 4) is 0 Å².